The van der Waals surface area contributed by atoms with Gasteiger partial charge >= 0.3 is 0 Å². The van der Waals surface area contributed by atoms with Crippen LogP contribution < -0.4 is 16.0 Å². The van der Waals surface area contributed by atoms with Crippen molar-refractivity contribution in [3.05, 3.63) is 160 Å². The van der Waals surface area contributed by atoms with Gasteiger partial charge in [0, 0.05) is 22.3 Å². The molecule has 7 nitrogen and oxygen atoms in total. The molecular formula is C36H29ClN4O3S. The summed E-state index contributed by atoms with van der Waals surface area (Å²) in [6.07, 6.45) is 3.13. The van der Waals surface area contributed by atoms with Crippen molar-refractivity contribution >= 4 is 58.7 Å². The molecule has 0 spiro atoms. The van der Waals surface area contributed by atoms with Crippen LogP contribution in [0, 0.1) is 6.92 Å². The van der Waals surface area contributed by atoms with Crippen LogP contribution in [0.25, 0.3) is 6.08 Å². The number of benzene rings is 4. The predicted octanol–water partition coefficient (Wildman–Crippen LogP) is 7.93. The van der Waals surface area contributed by atoms with Crippen LogP contribution in [0.1, 0.15) is 32.3 Å². The van der Waals surface area contributed by atoms with Crippen molar-refractivity contribution in [1.82, 2.24) is 10.3 Å². The number of rotatable bonds is 10. The maximum Gasteiger partial charge on any atom is 0.272 e. The maximum atomic E-state index is 13.6. The van der Waals surface area contributed by atoms with E-state index in [1.165, 1.54) is 18.0 Å². The van der Waals surface area contributed by atoms with Crippen molar-refractivity contribution in [2.75, 3.05) is 10.6 Å². The third-order valence-corrected chi connectivity index (χ3v) is 8.15. The molecule has 0 radical (unpaired) electrons. The molecule has 4 aromatic carbocycles. The Balaban J connectivity index is 1.38. The molecule has 0 saturated heterocycles. The van der Waals surface area contributed by atoms with Crippen LogP contribution in [0.4, 0.5) is 11.5 Å². The van der Waals surface area contributed by atoms with Crippen molar-refractivity contribution in [2.24, 2.45) is 0 Å². The smallest absolute Gasteiger partial charge is 0.272 e. The number of nitrogens with one attached hydrogen (secondary N) is 3. The first-order chi connectivity index (χ1) is 21.9. The second kappa shape index (κ2) is 15.0. The minimum atomic E-state index is -0.615. The van der Waals surface area contributed by atoms with Crippen molar-refractivity contribution in [2.45, 2.75) is 17.1 Å². The van der Waals surface area contributed by atoms with E-state index in [2.05, 4.69) is 20.9 Å². The molecule has 1 heterocycles. The molecule has 5 aromatic rings. The summed E-state index contributed by atoms with van der Waals surface area (Å²) in [4.78, 5) is 45.0. The molecule has 0 saturated carbocycles. The number of pyridine rings is 1. The van der Waals surface area contributed by atoms with E-state index in [0.29, 0.717) is 22.1 Å². The molecule has 1 aromatic heterocycles. The molecule has 0 aliphatic heterocycles. The summed E-state index contributed by atoms with van der Waals surface area (Å²) in [5.41, 5.74) is 3.57. The molecular weight excluding hydrogens is 604 g/mol. The fourth-order valence-electron chi connectivity index (χ4n) is 4.37. The van der Waals surface area contributed by atoms with Gasteiger partial charge in [-0.3, -0.25) is 14.4 Å². The first kappa shape index (κ1) is 31.3. The summed E-state index contributed by atoms with van der Waals surface area (Å²) >= 11 is 7.28. The fraction of sp³-hybridized carbons (Fsp3) is 0.0556. The van der Waals surface area contributed by atoms with E-state index in [1.54, 1.807) is 60.7 Å². The van der Waals surface area contributed by atoms with Crippen molar-refractivity contribution in [3.8, 4) is 0 Å². The quantitative estimate of drug-likeness (QED) is 0.107. The van der Waals surface area contributed by atoms with E-state index in [0.717, 1.165) is 21.6 Å². The van der Waals surface area contributed by atoms with Gasteiger partial charge in [-0.25, -0.2) is 4.98 Å². The van der Waals surface area contributed by atoms with E-state index in [9.17, 15) is 14.4 Å². The second-order valence-electron chi connectivity index (χ2n) is 9.98. The molecule has 1 unspecified atom stereocenters. The van der Waals surface area contributed by atoms with Gasteiger partial charge in [0.2, 0.25) is 5.91 Å². The highest BCUT2D eigenvalue weighted by Gasteiger charge is 2.23. The zero-order chi connectivity index (χ0) is 31.6. The predicted molar refractivity (Wildman–Crippen MR) is 181 cm³/mol. The summed E-state index contributed by atoms with van der Waals surface area (Å²) in [5.74, 6) is -0.766. The van der Waals surface area contributed by atoms with Crippen LogP contribution in [0.3, 0.4) is 0 Å². The van der Waals surface area contributed by atoms with E-state index >= 15 is 0 Å². The number of carbonyl (C=O) groups is 3. The van der Waals surface area contributed by atoms with Gasteiger partial charge in [0.1, 0.15) is 16.8 Å². The molecule has 224 valence electrons. The van der Waals surface area contributed by atoms with Gasteiger partial charge < -0.3 is 16.0 Å². The number of aryl methyl sites for hydroxylation is 1. The van der Waals surface area contributed by atoms with Crippen LogP contribution in [-0.4, -0.2) is 22.7 Å². The molecule has 3 N–H and O–H groups in total. The topological polar surface area (TPSA) is 100 Å². The molecule has 1 atom stereocenters. The molecule has 0 fully saturated rings. The van der Waals surface area contributed by atoms with Gasteiger partial charge in [-0.2, -0.15) is 0 Å². The summed E-state index contributed by atoms with van der Waals surface area (Å²) in [5, 5.41) is 8.40. The molecule has 45 heavy (non-hydrogen) atoms. The lowest BCUT2D eigenvalue weighted by molar-refractivity contribution is -0.116. The van der Waals surface area contributed by atoms with Crippen LogP contribution in [0.2, 0.25) is 5.02 Å². The summed E-state index contributed by atoms with van der Waals surface area (Å²) in [6, 6.07) is 36.2. The minimum absolute atomic E-state index is 0.0909. The lowest BCUT2D eigenvalue weighted by Gasteiger charge is -2.17. The summed E-state index contributed by atoms with van der Waals surface area (Å²) in [7, 11) is 0. The van der Waals surface area contributed by atoms with Gasteiger partial charge in [0.25, 0.3) is 11.8 Å². The van der Waals surface area contributed by atoms with Gasteiger partial charge in [-0.15, -0.1) is 11.8 Å². The van der Waals surface area contributed by atoms with Crippen molar-refractivity contribution in [3.63, 3.8) is 0 Å². The Morgan fingerprint density at radius 1 is 0.800 bits per heavy atom. The molecule has 9 heteroatoms. The van der Waals surface area contributed by atoms with E-state index in [1.807, 2.05) is 73.7 Å². The first-order valence-electron chi connectivity index (χ1n) is 14.0. The highest BCUT2D eigenvalue weighted by molar-refractivity contribution is 8.00. The zero-order valence-electron chi connectivity index (χ0n) is 24.2. The lowest BCUT2D eigenvalue weighted by Crippen LogP contribution is -2.30. The molecule has 0 aliphatic carbocycles. The number of carbonyl (C=O) groups excluding carboxylic acids is 3. The molecule has 3 amide bonds. The van der Waals surface area contributed by atoms with E-state index < -0.39 is 17.1 Å². The maximum absolute atomic E-state index is 13.6. The average Bonchev–Trinajstić information content (AvgIpc) is 3.06. The SMILES string of the molecule is Cc1ccccc1/C=C(\NC(=O)c1ccccc1)C(=O)Nc1cccc(SC(C(=O)Nc2ccc(Cl)cn2)c2ccccc2)c1. The number of aromatic nitrogens is 1. The summed E-state index contributed by atoms with van der Waals surface area (Å²) in [6.45, 7) is 1.93. The lowest BCUT2D eigenvalue weighted by atomic mass is 10.1. The van der Waals surface area contributed by atoms with Gasteiger partial charge in [0.05, 0.1) is 5.02 Å². The van der Waals surface area contributed by atoms with Crippen molar-refractivity contribution < 1.29 is 14.4 Å². The van der Waals surface area contributed by atoms with Crippen LogP contribution in [0.15, 0.2) is 138 Å². The van der Waals surface area contributed by atoms with Gasteiger partial charge in [0.15, 0.2) is 0 Å². The number of hydrogen-bond donors (Lipinski definition) is 3. The number of amides is 3. The fourth-order valence-corrected chi connectivity index (χ4v) is 5.57. The monoisotopic (exact) mass is 632 g/mol. The molecule has 0 bridgehead atoms. The number of anilines is 2. The van der Waals surface area contributed by atoms with Gasteiger partial charge in [-0.1, -0.05) is 90.5 Å². The number of halogens is 1. The van der Waals surface area contributed by atoms with Crippen LogP contribution >= 0.6 is 23.4 Å². The highest BCUT2D eigenvalue weighted by Crippen LogP contribution is 2.37. The number of nitrogens with zero attached hydrogens (tertiary/aromatic N) is 1. The molecule has 5 rings (SSSR count). The Labute approximate surface area is 270 Å². The molecule has 0 aliphatic rings. The Hall–Kier alpha value is -5.18. The summed E-state index contributed by atoms with van der Waals surface area (Å²) < 4.78 is 0. The van der Waals surface area contributed by atoms with E-state index in [-0.39, 0.29) is 11.6 Å². The van der Waals surface area contributed by atoms with E-state index in [4.69, 9.17) is 11.6 Å². The van der Waals surface area contributed by atoms with Crippen molar-refractivity contribution in [1.29, 1.82) is 0 Å². The second-order valence-corrected chi connectivity index (χ2v) is 11.6. The van der Waals surface area contributed by atoms with Gasteiger partial charge in [-0.05, 0) is 72.2 Å². The highest BCUT2D eigenvalue weighted by atomic mass is 35.5. The Bertz CT molecular complexity index is 1830. The standard InChI is InChI=1S/C36H29ClN4O3S/c1-24-11-8-9-16-27(24)21-31(40-34(42)26-14-6-3-7-15-26)35(43)39-29-17-10-18-30(22-29)45-33(25-12-4-2-5-13-25)36(44)41-32-20-19-28(37)23-38-32/h2-23,33H,1H3,(H,39,43)(H,40,42)(H,38,41,44)/b31-21-. The van der Waals surface area contributed by atoms with Crippen LogP contribution in [-0.2, 0) is 9.59 Å². The zero-order valence-corrected chi connectivity index (χ0v) is 25.8. The Kier molecular flexibility index (Phi) is 10.4. The normalized spacial score (nSPS) is 11.7. The Morgan fingerprint density at radius 3 is 2.22 bits per heavy atom. The third-order valence-electron chi connectivity index (χ3n) is 6.68. The largest absolute Gasteiger partial charge is 0.321 e. The van der Waals surface area contributed by atoms with Crippen LogP contribution in [0.5, 0.6) is 0 Å². The number of hydrogen-bond acceptors (Lipinski definition) is 5. The first-order valence-corrected chi connectivity index (χ1v) is 15.3. The Morgan fingerprint density at radius 2 is 1.51 bits per heavy atom. The minimum Gasteiger partial charge on any atom is -0.321 e. The average molecular weight is 633 g/mol. The number of thioether (sulfide) groups is 1. The third kappa shape index (κ3) is 8.69.